The Morgan fingerprint density at radius 1 is 1.00 bits per heavy atom. The van der Waals surface area contributed by atoms with E-state index in [9.17, 15) is 0 Å². The van der Waals surface area contributed by atoms with E-state index in [1.165, 1.54) is 16.7 Å². The summed E-state index contributed by atoms with van der Waals surface area (Å²) in [7, 11) is 0. The number of benzene rings is 2. The van der Waals surface area contributed by atoms with Crippen LogP contribution in [0.15, 0.2) is 72.9 Å². The summed E-state index contributed by atoms with van der Waals surface area (Å²) in [4.78, 5) is 6.96. The molecule has 0 aliphatic carbocycles. The van der Waals surface area contributed by atoms with Crippen molar-refractivity contribution in [3.63, 3.8) is 0 Å². The second kappa shape index (κ2) is 8.40. The summed E-state index contributed by atoms with van der Waals surface area (Å²) in [6.07, 6.45) is 2.90. The highest BCUT2D eigenvalue weighted by molar-refractivity contribution is 7.80. The van der Waals surface area contributed by atoms with E-state index in [1.54, 1.807) is 0 Å². The van der Waals surface area contributed by atoms with Gasteiger partial charge in [0, 0.05) is 13.1 Å². The van der Waals surface area contributed by atoms with E-state index in [0.717, 1.165) is 31.0 Å². The molecule has 0 saturated heterocycles. The number of fused-ring (bicyclic) bond motifs is 1. The standard InChI is InChI=1S/C23H24N4S/c1-17(18-7-3-2-4-8-18)25-23(28)26-21-11-12-22(24-15-21)27-14-13-19-9-5-6-10-20(19)16-27/h2-12,15,17H,13-14,16H2,1H3,(H2,25,26,28)/t17-/m1/s1. The van der Waals surface area contributed by atoms with Crippen LogP contribution in [0.2, 0.25) is 0 Å². The number of thiocarbonyl (C=S) groups is 1. The number of pyridine rings is 1. The van der Waals surface area contributed by atoms with Gasteiger partial charge < -0.3 is 15.5 Å². The molecule has 3 aromatic rings. The second-order valence-corrected chi connectivity index (χ2v) is 7.48. The Morgan fingerprint density at radius 3 is 2.50 bits per heavy atom. The molecular weight excluding hydrogens is 364 g/mol. The third-order valence-corrected chi connectivity index (χ3v) is 5.33. The van der Waals surface area contributed by atoms with Crippen molar-refractivity contribution in [2.45, 2.75) is 25.9 Å². The zero-order valence-electron chi connectivity index (χ0n) is 15.9. The van der Waals surface area contributed by atoms with E-state index < -0.39 is 0 Å². The molecule has 0 fully saturated rings. The molecular formula is C23H24N4S. The van der Waals surface area contributed by atoms with Gasteiger partial charge in [-0.2, -0.15) is 0 Å². The highest BCUT2D eigenvalue weighted by Gasteiger charge is 2.17. The zero-order chi connectivity index (χ0) is 19.3. The molecule has 1 aliphatic rings. The van der Waals surface area contributed by atoms with Crippen molar-refractivity contribution in [3.05, 3.63) is 89.6 Å². The Bertz CT molecular complexity index is 940. The van der Waals surface area contributed by atoms with Crippen LogP contribution in [-0.2, 0) is 13.0 Å². The Morgan fingerprint density at radius 2 is 1.75 bits per heavy atom. The summed E-state index contributed by atoms with van der Waals surface area (Å²) in [6, 6.07) is 23.1. The predicted octanol–water partition coefficient (Wildman–Crippen LogP) is 4.69. The molecule has 5 heteroatoms. The minimum Gasteiger partial charge on any atom is -0.356 e. The molecule has 2 aromatic carbocycles. The quantitative estimate of drug-likeness (QED) is 0.635. The highest BCUT2D eigenvalue weighted by Crippen LogP contribution is 2.23. The molecule has 28 heavy (non-hydrogen) atoms. The molecule has 0 unspecified atom stereocenters. The van der Waals surface area contributed by atoms with E-state index in [0.29, 0.717) is 5.11 Å². The Hall–Kier alpha value is -2.92. The summed E-state index contributed by atoms with van der Waals surface area (Å²) < 4.78 is 0. The number of hydrogen-bond donors (Lipinski definition) is 2. The van der Waals surface area contributed by atoms with E-state index in [4.69, 9.17) is 12.2 Å². The number of rotatable bonds is 4. The molecule has 0 radical (unpaired) electrons. The second-order valence-electron chi connectivity index (χ2n) is 7.08. The zero-order valence-corrected chi connectivity index (χ0v) is 16.7. The average Bonchev–Trinajstić information content (AvgIpc) is 2.74. The number of nitrogens with one attached hydrogen (secondary N) is 2. The van der Waals surface area contributed by atoms with Gasteiger partial charge in [-0.15, -0.1) is 0 Å². The lowest BCUT2D eigenvalue weighted by Gasteiger charge is -2.29. The fourth-order valence-corrected chi connectivity index (χ4v) is 3.82. The van der Waals surface area contributed by atoms with Crippen LogP contribution in [0.3, 0.4) is 0 Å². The maximum absolute atomic E-state index is 5.45. The minimum atomic E-state index is 0.141. The molecule has 0 saturated carbocycles. The largest absolute Gasteiger partial charge is 0.356 e. The van der Waals surface area contributed by atoms with Crippen molar-refractivity contribution in [2.75, 3.05) is 16.8 Å². The molecule has 0 amide bonds. The topological polar surface area (TPSA) is 40.2 Å². The van der Waals surface area contributed by atoms with Gasteiger partial charge in [-0.1, -0.05) is 54.6 Å². The van der Waals surface area contributed by atoms with E-state index in [2.05, 4.69) is 69.9 Å². The maximum atomic E-state index is 5.45. The summed E-state index contributed by atoms with van der Waals surface area (Å²) in [6.45, 7) is 3.99. The number of nitrogens with zero attached hydrogens (tertiary/aromatic N) is 2. The van der Waals surface area contributed by atoms with Crippen LogP contribution in [0.1, 0.15) is 29.7 Å². The van der Waals surface area contributed by atoms with Crippen LogP contribution in [0.4, 0.5) is 11.5 Å². The fraction of sp³-hybridized carbons (Fsp3) is 0.217. The van der Waals surface area contributed by atoms with E-state index in [1.807, 2.05) is 30.5 Å². The van der Waals surface area contributed by atoms with Crippen LogP contribution in [0.5, 0.6) is 0 Å². The van der Waals surface area contributed by atoms with Crippen molar-refractivity contribution in [1.29, 1.82) is 0 Å². The fourth-order valence-electron chi connectivity index (χ4n) is 3.53. The van der Waals surface area contributed by atoms with Gasteiger partial charge in [0.05, 0.1) is 17.9 Å². The first kappa shape index (κ1) is 18.4. The summed E-state index contributed by atoms with van der Waals surface area (Å²) in [5.74, 6) is 0.997. The normalized spacial score (nSPS) is 14.1. The molecule has 4 nitrogen and oxygen atoms in total. The molecule has 2 heterocycles. The SMILES string of the molecule is C[C@@H](NC(=S)Nc1ccc(N2CCc3ccccc3C2)nc1)c1ccccc1. The van der Waals surface area contributed by atoms with Crippen LogP contribution in [-0.4, -0.2) is 16.6 Å². The van der Waals surface area contributed by atoms with Gasteiger partial charge in [0.1, 0.15) is 5.82 Å². The van der Waals surface area contributed by atoms with Gasteiger partial charge in [0.2, 0.25) is 0 Å². The van der Waals surface area contributed by atoms with E-state index >= 15 is 0 Å². The molecule has 1 aromatic heterocycles. The molecule has 4 rings (SSSR count). The molecule has 1 atom stereocenters. The summed E-state index contributed by atoms with van der Waals surface area (Å²) >= 11 is 5.45. The molecule has 0 spiro atoms. The van der Waals surface area contributed by atoms with E-state index in [-0.39, 0.29) is 6.04 Å². The van der Waals surface area contributed by atoms with Crippen LogP contribution in [0.25, 0.3) is 0 Å². The summed E-state index contributed by atoms with van der Waals surface area (Å²) in [5, 5.41) is 7.14. The monoisotopic (exact) mass is 388 g/mol. The van der Waals surface area contributed by atoms with Gasteiger partial charge in [-0.05, 0) is 54.4 Å². The Labute approximate surface area is 171 Å². The van der Waals surface area contributed by atoms with Gasteiger partial charge in [-0.3, -0.25) is 0 Å². The number of anilines is 2. The molecule has 142 valence electrons. The Balaban J connectivity index is 1.35. The smallest absolute Gasteiger partial charge is 0.171 e. The predicted molar refractivity (Wildman–Crippen MR) is 120 cm³/mol. The third kappa shape index (κ3) is 4.31. The van der Waals surface area contributed by atoms with Crippen molar-refractivity contribution < 1.29 is 0 Å². The van der Waals surface area contributed by atoms with Gasteiger partial charge in [0.25, 0.3) is 0 Å². The lowest BCUT2D eigenvalue weighted by Crippen LogP contribution is -2.31. The third-order valence-electron chi connectivity index (χ3n) is 5.11. The first-order valence-corrected chi connectivity index (χ1v) is 10.00. The molecule has 2 N–H and O–H groups in total. The average molecular weight is 389 g/mol. The van der Waals surface area contributed by atoms with Crippen molar-refractivity contribution in [1.82, 2.24) is 10.3 Å². The lowest BCUT2D eigenvalue weighted by molar-refractivity contribution is 0.720. The Kier molecular flexibility index (Phi) is 5.53. The molecule has 1 aliphatic heterocycles. The first-order valence-electron chi connectivity index (χ1n) is 9.59. The molecule has 0 bridgehead atoms. The highest BCUT2D eigenvalue weighted by atomic mass is 32.1. The maximum Gasteiger partial charge on any atom is 0.171 e. The van der Waals surface area contributed by atoms with Gasteiger partial charge in [-0.25, -0.2) is 4.98 Å². The van der Waals surface area contributed by atoms with Crippen molar-refractivity contribution >= 4 is 28.8 Å². The van der Waals surface area contributed by atoms with Crippen molar-refractivity contribution in [3.8, 4) is 0 Å². The van der Waals surface area contributed by atoms with Crippen LogP contribution >= 0.6 is 12.2 Å². The van der Waals surface area contributed by atoms with Gasteiger partial charge >= 0.3 is 0 Å². The van der Waals surface area contributed by atoms with Crippen LogP contribution < -0.4 is 15.5 Å². The van der Waals surface area contributed by atoms with Gasteiger partial charge in [0.15, 0.2) is 5.11 Å². The number of hydrogen-bond acceptors (Lipinski definition) is 3. The first-order chi connectivity index (χ1) is 13.7. The van der Waals surface area contributed by atoms with Crippen LogP contribution in [0, 0.1) is 0 Å². The number of aromatic nitrogens is 1. The minimum absolute atomic E-state index is 0.141. The lowest BCUT2D eigenvalue weighted by atomic mass is 10.00. The summed E-state index contributed by atoms with van der Waals surface area (Å²) in [5.41, 5.74) is 4.92. The van der Waals surface area contributed by atoms with Crippen molar-refractivity contribution in [2.24, 2.45) is 0 Å².